The van der Waals surface area contributed by atoms with E-state index in [0.29, 0.717) is 0 Å². The Bertz CT molecular complexity index is 2890. The lowest BCUT2D eigenvalue weighted by atomic mass is 10.0. The van der Waals surface area contributed by atoms with Crippen molar-refractivity contribution in [2.45, 2.75) is 0 Å². The van der Waals surface area contributed by atoms with Gasteiger partial charge in [-0.25, -0.2) is 0 Å². The Kier molecular flexibility index (Phi) is 9.09. The summed E-state index contributed by atoms with van der Waals surface area (Å²) in [5.41, 5.74) is 16.2. The van der Waals surface area contributed by atoms with E-state index in [0.717, 1.165) is 45.3 Å². The van der Waals surface area contributed by atoms with Crippen LogP contribution in [0.2, 0.25) is 0 Å². The fraction of sp³-hybridized carbons (Fsp3) is 0.0182. The number of anilines is 6. The number of rotatable bonds is 9. The molecular weight excluding hydrogens is 703 g/mol. The minimum absolute atomic E-state index is 1.09. The average molecular weight is 744 g/mol. The fourth-order valence-electron chi connectivity index (χ4n) is 8.25. The van der Waals surface area contributed by atoms with E-state index in [9.17, 15) is 0 Å². The van der Waals surface area contributed by atoms with Crippen LogP contribution in [0.15, 0.2) is 231 Å². The Labute approximate surface area is 339 Å². The summed E-state index contributed by atoms with van der Waals surface area (Å²) in [4.78, 5) is 4.69. The number of hydrogen-bond acceptors (Lipinski definition) is 2. The highest BCUT2D eigenvalue weighted by Crippen LogP contribution is 2.41. The largest absolute Gasteiger partial charge is 0.344 e. The van der Waals surface area contributed by atoms with E-state index in [2.05, 4.69) is 252 Å². The van der Waals surface area contributed by atoms with Crippen LogP contribution in [0.1, 0.15) is 0 Å². The molecule has 3 nitrogen and oxygen atoms in total. The summed E-state index contributed by atoms with van der Waals surface area (Å²) in [6, 6.07) is 82.8. The van der Waals surface area contributed by atoms with Crippen molar-refractivity contribution >= 4 is 55.9 Å². The molecule has 10 aromatic rings. The SMILES string of the molecule is Cn1c2ccccc2c2ccc(N(c3ccccc3)c3cccc(-c4ccc(N(c5ccc(-c6ccccc6)cc5)c5ccc(-c6ccccc6)cc5)cc4)c3)cc21. The van der Waals surface area contributed by atoms with Crippen molar-refractivity contribution in [2.24, 2.45) is 7.05 Å². The van der Waals surface area contributed by atoms with Gasteiger partial charge in [0.2, 0.25) is 0 Å². The van der Waals surface area contributed by atoms with E-state index < -0.39 is 0 Å². The molecule has 0 atom stereocenters. The summed E-state index contributed by atoms with van der Waals surface area (Å²) < 4.78 is 2.30. The Morgan fingerprint density at radius 3 is 1.19 bits per heavy atom. The van der Waals surface area contributed by atoms with Gasteiger partial charge in [-0.15, -0.1) is 0 Å². The van der Waals surface area contributed by atoms with Gasteiger partial charge in [-0.1, -0.05) is 152 Å². The maximum Gasteiger partial charge on any atom is 0.0509 e. The molecular formula is C55H41N3. The standard InChI is InChI=1S/C55H41N3/c1-56-54-23-12-11-22-52(54)53-37-36-51(39-55(53)56)58(46-19-9-4-10-20-46)50-21-13-18-45(38-50)44-28-34-49(35-29-44)57(47-30-24-42(25-31-47)40-14-5-2-6-15-40)48-32-26-43(27-33-48)41-16-7-3-8-17-41/h2-39H,1H3. The molecule has 0 unspecified atom stereocenters. The number of hydrogen-bond donors (Lipinski definition) is 0. The molecule has 1 heterocycles. The van der Waals surface area contributed by atoms with Crippen molar-refractivity contribution in [2.75, 3.05) is 9.80 Å². The molecule has 276 valence electrons. The number of para-hydroxylation sites is 2. The second kappa shape index (κ2) is 15.1. The first-order chi connectivity index (χ1) is 28.7. The van der Waals surface area contributed by atoms with Crippen molar-refractivity contribution < 1.29 is 0 Å². The number of aryl methyl sites for hydroxylation is 1. The van der Waals surface area contributed by atoms with Crippen LogP contribution in [0.3, 0.4) is 0 Å². The van der Waals surface area contributed by atoms with Gasteiger partial charge in [-0.3, -0.25) is 0 Å². The second-order valence-electron chi connectivity index (χ2n) is 14.7. The maximum absolute atomic E-state index is 2.36. The van der Waals surface area contributed by atoms with E-state index in [-0.39, 0.29) is 0 Å². The highest BCUT2D eigenvalue weighted by Gasteiger charge is 2.18. The van der Waals surface area contributed by atoms with Crippen LogP contribution in [0.4, 0.5) is 34.1 Å². The third kappa shape index (κ3) is 6.59. The molecule has 0 aliphatic rings. The summed E-state index contributed by atoms with van der Waals surface area (Å²) in [6.45, 7) is 0. The van der Waals surface area contributed by atoms with E-state index in [1.807, 2.05) is 0 Å². The van der Waals surface area contributed by atoms with Gasteiger partial charge in [0.1, 0.15) is 0 Å². The van der Waals surface area contributed by atoms with E-state index >= 15 is 0 Å². The zero-order chi connectivity index (χ0) is 38.8. The van der Waals surface area contributed by atoms with Crippen molar-refractivity contribution in [3.63, 3.8) is 0 Å². The van der Waals surface area contributed by atoms with Crippen LogP contribution in [0.5, 0.6) is 0 Å². The monoisotopic (exact) mass is 743 g/mol. The number of nitrogens with zero attached hydrogens (tertiary/aromatic N) is 3. The van der Waals surface area contributed by atoms with Gasteiger partial charge >= 0.3 is 0 Å². The summed E-state index contributed by atoms with van der Waals surface area (Å²) in [7, 11) is 2.16. The van der Waals surface area contributed by atoms with Gasteiger partial charge < -0.3 is 14.4 Å². The van der Waals surface area contributed by atoms with E-state index in [4.69, 9.17) is 0 Å². The summed E-state index contributed by atoms with van der Waals surface area (Å²) in [5.74, 6) is 0. The third-order valence-electron chi connectivity index (χ3n) is 11.2. The topological polar surface area (TPSA) is 11.4 Å². The first-order valence-electron chi connectivity index (χ1n) is 19.8. The van der Waals surface area contributed by atoms with Gasteiger partial charge in [0.25, 0.3) is 0 Å². The Hall–Kier alpha value is -7.62. The van der Waals surface area contributed by atoms with Gasteiger partial charge in [0, 0.05) is 57.5 Å². The van der Waals surface area contributed by atoms with Gasteiger partial charge in [0.15, 0.2) is 0 Å². The molecule has 0 saturated heterocycles. The number of benzene rings is 9. The zero-order valence-electron chi connectivity index (χ0n) is 32.3. The van der Waals surface area contributed by atoms with Crippen LogP contribution in [0, 0.1) is 0 Å². The van der Waals surface area contributed by atoms with Crippen LogP contribution < -0.4 is 9.80 Å². The molecule has 3 heteroatoms. The third-order valence-corrected chi connectivity index (χ3v) is 11.2. The smallest absolute Gasteiger partial charge is 0.0509 e. The predicted octanol–water partition coefficient (Wildman–Crippen LogP) is 15.3. The summed E-state index contributed by atoms with van der Waals surface area (Å²) in [5, 5.41) is 2.53. The van der Waals surface area contributed by atoms with Crippen LogP contribution in [0.25, 0.3) is 55.2 Å². The molecule has 0 radical (unpaired) electrons. The Morgan fingerprint density at radius 1 is 0.259 bits per heavy atom. The van der Waals surface area contributed by atoms with Gasteiger partial charge in [0.05, 0.1) is 5.52 Å². The van der Waals surface area contributed by atoms with Crippen molar-refractivity contribution in [1.82, 2.24) is 4.57 Å². The Balaban J connectivity index is 1.01. The minimum atomic E-state index is 1.09. The summed E-state index contributed by atoms with van der Waals surface area (Å²) >= 11 is 0. The highest BCUT2D eigenvalue weighted by atomic mass is 15.1. The molecule has 0 fully saturated rings. The number of fused-ring (bicyclic) bond motifs is 3. The van der Waals surface area contributed by atoms with E-state index in [1.54, 1.807) is 0 Å². The van der Waals surface area contributed by atoms with Crippen molar-refractivity contribution in [3.8, 4) is 33.4 Å². The quantitative estimate of drug-likeness (QED) is 0.146. The molecule has 0 aliphatic carbocycles. The second-order valence-corrected chi connectivity index (χ2v) is 14.7. The lowest BCUT2D eigenvalue weighted by molar-refractivity contribution is 1.01. The molecule has 0 amide bonds. The molecule has 0 aliphatic heterocycles. The first kappa shape index (κ1) is 34.8. The molecule has 0 N–H and O–H groups in total. The predicted molar refractivity (Wildman–Crippen MR) is 246 cm³/mol. The zero-order valence-corrected chi connectivity index (χ0v) is 32.3. The minimum Gasteiger partial charge on any atom is -0.344 e. The molecule has 0 saturated carbocycles. The molecule has 58 heavy (non-hydrogen) atoms. The van der Waals surface area contributed by atoms with Crippen LogP contribution in [-0.4, -0.2) is 4.57 Å². The van der Waals surface area contributed by atoms with Crippen LogP contribution >= 0.6 is 0 Å². The highest BCUT2D eigenvalue weighted by molar-refractivity contribution is 6.09. The Morgan fingerprint density at radius 2 is 0.621 bits per heavy atom. The fourth-order valence-corrected chi connectivity index (χ4v) is 8.25. The molecule has 9 aromatic carbocycles. The lowest BCUT2D eigenvalue weighted by Crippen LogP contribution is -2.10. The molecule has 10 rings (SSSR count). The summed E-state index contributed by atoms with van der Waals surface area (Å²) in [6.07, 6.45) is 0. The average Bonchev–Trinajstić information content (AvgIpc) is 3.59. The van der Waals surface area contributed by atoms with Gasteiger partial charge in [-0.05, 0) is 112 Å². The van der Waals surface area contributed by atoms with Crippen molar-refractivity contribution in [1.29, 1.82) is 0 Å². The first-order valence-corrected chi connectivity index (χ1v) is 19.8. The van der Waals surface area contributed by atoms with E-state index in [1.165, 1.54) is 44.1 Å². The maximum atomic E-state index is 2.36. The lowest BCUT2D eigenvalue weighted by Gasteiger charge is -2.27. The molecule has 0 spiro atoms. The van der Waals surface area contributed by atoms with Crippen molar-refractivity contribution in [3.05, 3.63) is 231 Å². The van der Waals surface area contributed by atoms with Gasteiger partial charge in [-0.2, -0.15) is 0 Å². The van der Waals surface area contributed by atoms with Crippen LogP contribution in [-0.2, 0) is 7.05 Å². The molecule has 1 aromatic heterocycles. The molecule has 0 bridgehead atoms. The normalized spacial score (nSPS) is 11.2. The number of aromatic nitrogens is 1.